The molecule has 1 rings (SSSR count). The minimum Gasteiger partial charge on any atom is -0.330 e. The number of rotatable bonds is 6. The molecule has 0 bridgehead atoms. The first-order chi connectivity index (χ1) is 8.48. The third-order valence-corrected chi connectivity index (χ3v) is 4.18. The minimum absolute atomic E-state index is 0.240. The molecule has 1 aliphatic rings. The van der Waals surface area contributed by atoms with Gasteiger partial charge in [0.1, 0.15) is 0 Å². The first-order valence-corrected chi connectivity index (χ1v) is 7.61. The van der Waals surface area contributed by atoms with Gasteiger partial charge in [0.25, 0.3) is 0 Å². The van der Waals surface area contributed by atoms with Crippen LogP contribution in [0.1, 0.15) is 46.5 Å². The SMILES string of the molecule is CCCN1CCCC(N(C)CC(C)(C)CN)CC1. The Hall–Kier alpha value is -0.120. The van der Waals surface area contributed by atoms with E-state index < -0.39 is 0 Å². The van der Waals surface area contributed by atoms with Crippen molar-refractivity contribution in [3.63, 3.8) is 0 Å². The molecule has 1 atom stereocenters. The number of nitrogens with zero attached hydrogens (tertiary/aromatic N) is 2. The maximum Gasteiger partial charge on any atom is 0.0105 e. The molecule has 0 aromatic carbocycles. The van der Waals surface area contributed by atoms with Crippen molar-refractivity contribution < 1.29 is 0 Å². The summed E-state index contributed by atoms with van der Waals surface area (Å²) in [4.78, 5) is 5.17. The van der Waals surface area contributed by atoms with Gasteiger partial charge in [-0.25, -0.2) is 0 Å². The maximum atomic E-state index is 5.84. The first-order valence-electron chi connectivity index (χ1n) is 7.61. The van der Waals surface area contributed by atoms with E-state index in [9.17, 15) is 0 Å². The Morgan fingerprint density at radius 2 is 2.00 bits per heavy atom. The average molecular weight is 255 g/mol. The van der Waals surface area contributed by atoms with Gasteiger partial charge in [0, 0.05) is 12.6 Å². The fourth-order valence-corrected chi connectivity index (χ4v) is 2.99. The molecule has 0 aromatic heterocycles. The van der Waals surface area contributed by atoms with E-state index in [0.717, 1.165) is 19.1 Å². The monoisotopic (exact) mass is 255 g/mol. The summed E-state index contributed by atoms with van der Waals surface area (Å²) in [5, 5.41) is 0. The van der Waals surface area contributed by atoms with Crippen molar-refractivity contribution in [3.05, 3.63) is 0 Å². The molecule has 0 spiro atoms. The standard InChI is InChI=1S/C15H33N3/c1-5-9-18-10-6-7-14(8-11-18)17(4)13-15(2,3)12-16/h14H,5-13,16H2,1-4H3. The fraction of sp³-hybridized carbons (Fsp3) is 1.00. The summed E-state index contributed by atoms with van der Waals surface area (Å²) in [6.07, 6.45) is 5.29. The van der Waals surface area contributed by atoms with Crippen LogP contribution in [0, 0.1) is 5.41 Å². The second kappa shape index (κ2) is 7.46. The summed E-state index contributed by atoms with van der Waals surface area (Å²) in [5.74, 6) is 0. The Balaban J connectivity index is 2.42. The molecule has 3 nitrogen and oxygen atoms in total. The van der Waals surface area contributed by atoms with Crippen molar-refractivity contribution in [2.24, 2.45) is 11.1 Å². The predicted molar refractivity (Wildman–Crippen MR) is 79.8 cm³/mol. The smallest absolute Gasteiger partial charge is 0.0105 e. The van der Waals surface area contributed by atoms with E-state index in [1.165, 1.54) is 45.3 Å². The lowest BCUT2D eigenvalue weighted by Crippen LogP contribution is -2.42. The van der Waals surface area contributed by atoms with Crippen LogP contribution in [-0.4, -0.2) is 55.6 Å². The summed E-state index contributed by atoms with van der Waals surface area (Å²) in [6.45, 7) is 12.5. The highest BCUT2D eigenvalue weighted by Gasteiger charge is 2.24. The zero-order valence-corrected chi connectivity index (χ0v) is 12.9. The van der Waals surface area contributed by atoms with Crippen LogP contribution in [0.5, 0.6) is 0 Å². The normalized spacial score (nSPS) is 23.3. The number of hydrogen-bond donors (Lipinski definition) is 1. The summed E-state index contributed by atoms with van der Waals surface area (Å²) in [6, 6.07) is 0.748. The molecule has 0 aliphatic carbocycles. The molecule has 108 valence electrons. The highest BCUT2D eigenvalue weighted by atomic mass is 15.2. The van der Waals surface area contributed by atoms with Crippen LogP contribution in [0.3, 0.4) is 0 Å². The van der Waals surface area contributed by atoms with Gasteiger partial charge >= 0.3 is 0 Å². The van der Waals surface area contributed by atoms with Gasteiger partial charge in [-0.05, 0) is 64.3 Å². The van der Waals surface area contributed by atoms with E-state index in [2.05, 4.69) is 37.6 Å². The lowest BCUT2D eigenvalue weighted by molar-refractivity contribution is 0.151. The van der Waals surface area contributed by atoms with Crippen molar-refractivity contribution in [2.45, 2.75) is 52.5 Å². The zero-order chi connectivity index (χ0) is 13.6. The molecule has 18 heavy (non-hydrogen) atoms. The van der Waals surface area contributed by atoms with Gasteiger partial charge in [0.2, 0.25) is 0 Å². The molecule has 0 saturated carbocycles. The van der Waals surface area contributed by atoms with Crippen LogP contribution in [0.15, 0.2) is 0 Å². The Kier molecular flexibility index (Phi) is 6.61. The molecule has 0 radical (unpaired) electrons. The predicted octanol–water partition coefficient (Wildman–Crippen LogP) is 2.17. The molecular weight excluding hydrogens is 222 g/mol. The molecule has 0 aromatic rings. The second-order valence-corrected chi connectivity index (χ2v) is 6.71. The van der Waals surface area contributed by atoms with Crippen LogP contribution in [0.2, 0.25) is 0 Å². The van der Waals surface area contributed by atoms with E-state index in [1.54, 1.807) is 0 Å². The molecule has 1 aliphatic heterocycles. The van der Waals surface area contributed by atoms with Crippen molar-refractivity contribution >= 4 is 0 Å². The van der Waals surface area contributed by atoms with Crippen molar-refractivity contribution in [3.8, 4) is 0 Å². The van der Waals surface area contributed by atoms with E-state index in [0.29, 0.717) is 0 Å². The Morgan fingerprint density at radius 3 is 2.61 bits per heavy atom. The zero-order valence-electron chi connectivity index (χ0n) is 12.9. The largest absolute Gasteiger partial charge is 0.330 e. The third-order valence-electron chi connectivity index (χ3n) is 4.18. The Morgan fingerprint density at radius 1 is 1.28 bits per heavy atom. The lowest BCUT2D eigenvalue weighted by atomic mass is 9.92. The van der Waals surface area contributed by atoms with Crippen molar-refractivity contribution in [1.29, 1.82) is 0 Å². The van der Waals surface area contributed by atoms with Gasteiger partial charge < -0.3 is 15.5 Å². The van der Waals surface area contributed by atoms with Crippen LogP contribution in [0.25, 0.3) is 0 Å². The summed E-state index contributed by atoms with van der Waals surface area (Å²) >= 11 is 0. The van der Waals surface area contributed by atoms with Gasteiger partial charge in [0.15, 0.2) is 0 Å². The molecule has 2 N–H and O–H groups in total. The van der Waals surface area contributed by atoms with Crippen LogP contribution in [-0.2, 0) is 0 Å². The topological polar surface area (TPSA) is 32.5 Å². The van der Waals surface area contributed by atoms with E-state index in [-0.39, 0.29) is 5.41 Å². The van der Waals surface area contributed by atoms with E-state index in [4.69, 9.17) is 5.73 Å². The molecule has 1 unspecified atom stereocenters. The van der Waals surface area contributed by atoms with E-state index in [1.807, 2.05) is 0 Å². The average Bonchev–Trinajstić information content (AvgIpc) is 2.55. The van der Waals surface area contributed by atoms with Crippen LogP contribution >= 0.6 is 0 Å². The van der Waals surface area contributed by atoms with Gasteiger partial charge in [-0.2, -0.15) is 0 Å². The number of hydrogen-bond acceptors (Lipinski definition) is 3. The summed E-state index contributed by atoms with van der Waals surface area (Å²) in [5.41, 5.74) is 6.08. The van der Waals surface area contributed by atoms with Gasteiger partial charge in [-0.1, -0.05) is 20.8 Å². The third kappa shape index (κ3) is 5.25. The highest BCUT2D eigenvalue weighted by Crippen LogP contribution is 2.21. The van der Waals surface area contributed by atoms with Gasteiger partial charge in [0.05, 0.1) is 0 Å². The fourth-order valence-electron chi connectivity index (χ4n) is 2.99. The van der Waals surface area contributed by atoms with Crippen molar-refractivity contribution in [1.82, 2.24) is 9.80 Å². The lowest BCUT2D eigenvalue weighted by Gasteiger charge is -2.34. The molecule has 3 heteroatoms. The molecular formula is C15H33N3. The van der Waals surface area contributed by atoms with Crippen LogP contribution in [0.4, 0.5) is 0 Å². The first kappa shape index (κ1) is 15.9. The molecule has 1 heterocycles. The minimum atomic E-state index is 0.240. The number of likely N-dealkylation sites (tertiary alicyclic amines) is 1. The molecule has 1 fully saturated rings. The highest BCUT2D eigenvalue weighted by molar-refractivity contribution is 4.80. The maximum absolute atomic E-state index is 5.84. The molecule has 0 amide bonds. The Bertz CT molecular complexity index is 228. The van der Waals surface area contributed by atoms with Crippen LogP contribution < -0.4 is 5.73 Å². The quantitative estimate of drug-likeness (QED) is 0.789. The van der Waals surface area contributed by atoms with Gasteiger partial charge in [-0.3, -0.25) is 0 Å². The van der Waals surface area contributed by atoms with E-state index >= 15 is 0 Å². The molecule has 1 saturated heterocycles. The second-order valence-electron chi connectivity index (χ2n) is 6.71. The van der Waals surface area contributed by atoms with Crippen molar-refractivity contribution in [2.75, 3.05) is 39.8 Å². The Labute approximate surface area is 114 Å². The number of nitrogens with two attached hydrogens (primary N) is 1. The summed E-state index contributed by atoms with van der Waals surface area (Å²) in [7, 11) is 2.28. The summed E-state index contributed by atoms with van der Waals surface area (Å²) < 4.78 is 0. The van der Waals surface area contributed by atoms with Gasteiger partial charge in [-0.15, -0.1) is 0 Å².